The van der Waals surface area contributed by atoms with E-state index in [4.69, 9.17) is 24.4 Å². The van der Waals surface area contributed by atoms with Crippen LogP contribution in [0.5, 0.6) is 0 Å². The molecule has 0 heterocycles. The van der Waals surface area contributed by atoms with Crippen LogP contribution in [0.25, 0.3) is 0 Å². The smallest absolute Gasteiger partial charge is 0.137 e. The van der Waals surface area contributed by atoms with Crippen molar-refractivity contribution in [3.05, 3.63) is 35.9 Å². The molecule has 0 N–H and O–H groups in total. The van der Waals surface area contributed by atoms with Gasteiger partial charge in [0.05, 0.1) is 4.58 Å². The lowest BCUT2D eigenvalue weighted by Gasteiger charge is -2.22. The van der Waals surface area contributed by atoms with E-state index in [0.29, 0.717) is 0 Å². The molecule has 19 heavy (non-hydrogen) atoms. The Bertz CT molecular complexity index is 410. The highest BCUT2D eigenvalue weighted by atomic mass is 32.2. The molecule has 0 unspecified atom stereocenters. The molecule has 6 heteroatoms. The van der Waals surface area contributed by atoms with Crippen molar-refractivity contribution < 1.29 is 0 Å². The molecule has 0 spiro atoms. The molecule has 1 aromatic carbocycles. The zero-order valence-electron chi connectivity index (χ0n) is 11.5. The minimum atomic E-state index is 0.186. The molecule has 0 aliphatic carbocycles. The second-order valence-corrected chi connectivity index (χ2v) is 8.08. The Morgan fingerprint density at radius 1 is 0.895 bits per heavy atom. The van der Waals surface area contributed by atoms with E-state index in [1.54, 1.807) is 23.5 Å². The third kappa shape index (κ3) is 5.69. The lowest BCUT2D eigenvalue weighted by atomic mass is 10.2. The molecule has 0 aromatic heterocycles. The van der Waals surface area contributed by atoms with Crippen LogP contribution in [-0.2, 0) is 0 Å². The van der Waals surface area contributed by atoms with Crippen LogP contribution in [0, 0.1) is 0 Å². The van der Waals surface area contributed by atoms with Crippen LogP contribution in [0.2, 0.25) is 0 Å². The first kappa shape index (κ1) is 16.8. The second-order valence-electron chi connectivity index (χ2n) is 4.30. The molecule has 2 nitrogen and oxygen atoms in total. The van der Waals surface area contributed by atoms with Gasteiger partial charge < -0.3 is 9.80 Å². The summed E-state index contributed by atoms with van der Waals surface area (Å²) in [7, 11) is 7.86. The molecule has 0 aliphatic rings. The summed E-state index contributed by atoms with van der Waals surface area (Å²) in [5.41, 5.74) is 1.23. The van der Waals surface area contributed by atoms with Crippen molar-refractivity contribution in [3.8, 4) is 0 Å². The quantitative estimate of drug-likeness (QED) is 0.609. The minimum Gasteiger partial charge on any atom is -0.364 e. The van der Waals surface area contributed by atoms with Crippen molar-refractivity contribution in [2.45, 2.75) is 4.58 Å². The molecule has 1 rings (SSSR count). The molecule has 0 amide bonds. The zero-order chi connectivity index (χ0) is 14.4. The molecule has 0 saturated heterocycles. The van der Waals surface area contributed by atoms with Gasteiger partial charge in [0.25, 0.3) is 0 Å². The number of nitrogens with zero attached hydrogens (tertiary/aromatic N) is 2. The van der Waals surface area contributed by atoms with Crippen molar-refractivity contribution >= 4 is 56.6 Å². The number of hydrogen-bond donors (Lipinski definition) is 0. The topological polar surface area (TPSA) is 6.48 Å². The van der Waals surface area contributed by atoms with Crippen LogP contribution in [0.1, 0.15) is 10.1 Å². The standard InChI is InChI=1S/C13H18N2S4/c1-14(2)12(16)18-11(19-13(17)15(3)4)10-8-6-5-7-9-10/h5-9,11H,1-4H3. The van der Waals surface area contributed by atoms with E-state index in [2.05, 4.69) is 12.1 Å². The first-order valence-corrected chi connectivity index (χ1v) is 8.30. The summed E-state index contributed by atoms with van der Waals surface area (Å²) in [6, 6.07) is 10.3. The van der Waals surface area contributed by atoms with Crippen molar-refractivity contribution in [2.24, 2.45) is 0 Å². The van der Waals surface area contributed by atoms with Crippen LogP contribution in [0.4, 0.5) is 0 Å². The SMILES string of the molecule is CN(C)C(=S)SC(SC(=S)N(C)C)c1ccccc1. The highest BCUT2D eigenvalue weighted by Crippen LogP contribution is 2.41. The van der Waals surface area contributed by atoms with Gasteiger partial charge in [-0.3, -0.25) is 0 Å². The number of rotatable bonds is 3. The third-order valence-electron chi connectivity index (χ3n) is 2.22. The van der Waals surface area contributed by atoms with Gasteiger partial charge in [-0.05, 0) is 5.56 Å². The molecule has 0 aliphatic heterocycles. The fourth-order valence-corrected chi connectivity index (χ4v) is 4.22. The second kappa shape index (κ2) is 8.09. The summed E-state index contributed by atoms with van der Waals surface area (Å²) in [5, 5.41) is 0. The third-order valence-corrected chi connectivity index (χ3v) is 6.21. The van der Waals surface area contributed by atoms with Crippen molar-refractivity contribution in [2.75, 3.05) is 28.2 Å². The molecular formula is C13H18N2S4. The normalized spacial score (nSPS) is 10.4. The van der Waals surface area contributed by atoms with Crippen molar-refractivity contribution in [3.63, 3.8) is 0 Å². The van der Waals surface area contributed by atoms with E-state index in [9.17, 15) is 0 Å². The van der Waals surface area contributed by atoms with Gasteiger partial charge in [-0.25, -0.2) is 0 Å². The maximum Gasteiger partial charge on any atom is 0.137 e. The summed E-state index contributed by atoms with van der Waals surface area (Å²) >= 11 is 14.1. The lowest BCUT2D eigenvalue weighted by Crippen LogP contribution is -2.19. The first-order valence-electron chi connectivity index (χ1n) is 5.72. The Balaban J connectivity index is 2.85. The van der Waals surface area contributed by atoms with Gasteiger partial charge in [-0.2, -0.15) is 0 Å². The Morgan fingerprint density at radius 2 is 1.32 bits per heavy atom. The van der Waals surface area contributed by atoms with Gasteiger partial charge in [-0.1, -0.05) is 78.3 Å². The molecule has 0 atom stereocenters. The highest BCUT2D eigenvalue weighted by molar-refractivity contribution is 8.35. The van der Waals surface area contributed by atoms with Crippen molar-refractivity contribution in [1.29, 1.82) is 0 Å². The Morgan fingerprint density at radius 3 is 1.68 bits per heavy atom. The summed E-state index contributed by atoms with van der Waals surface area (Å²) in [6.07, 6.45) is 0. The van der Waals surface area contributed by atoms with Gasteiger partial charge in [0.2, 0.25) is 0 Å². The number of hydrogen-bond acceptors (Lipinski definition) is 4. The van der Waals surface area contributed by atoms with Crippen molar-refractivity contribution in [1.82, 2.24) is 9.80 Å². The Kier molecular flexibility index (Phi) is 7.13. The highest BCUT2D eigenvalue weighted by Gasteiger charge is 2.19. The van der Waals surface area contributed by atoms with Gasteiger partial charge in [0.1, 0.15) is 8.64 Å². The first-order chi connectivity index (χ1) is 8.91. The summed E-state index contributed by atoms with van der Waals surface area (Å²) in [4.78, 5) is 3.91. The monoisotopic (exact) mass is 330 g/mol. The van der Waals surface area contributed by atoms with Crippen LogP contribution >= 0.6 is 48.0 Å². The predicted molar refractivity (Wildman–Crippen MR) is 96.9 cm³/mol. The van der Waals surface area contributed by atoms with Gasteiger partial charge in [0.15, 0.2) is 0 Å². The van der Waals surface area contributed by atoms with Gasteiger partial charge >= 0.3 is 0 Å². The largest absolute Gasteiger partial charge is 0.364 e. The van der Waals surface area contributed by atoms with E-state index < -0.39 is 0 Å². The van der Waals surface area contributed by atoms with E-state index in [-0.39, 0.29) is 4.58 Å². The molecule has 0 bridgehead atoms. The van der Waals surface area contributed by atoms with E-state index in [1.807, 2.05) is 56.2 Å². The predicted octanol–water partition coefficient (Wildman–Crippen LogP) is 3.84. The molecule has 104 valence electrons. The van der Waals surface area contributed by atoms with Crippen LogP contribution in [0.15, 0.2) is 30.3 Å². The molecule has 0 fully saturated rings. The van der Waals surface area contributed by atoms with Gasteiger partial charge in [0, 0.05) is 28.2 Å². The Hall–Kier alpha value is -0.300. The maximum atomic E-state index is 5.39. The van der Waals surface area contributed by atoms with E-state index in [0.717, 1.165) is 8.64 Å². The fraction of sp³-hybridized carbons (Fsp3) is 0.385. The molecular weight excluding hydrogens is 312 g/mol. The molecule has 0 radical (unpaired) electrons. The zero-order valence-corrected chi connectivity index (χ0v) is 14.8. The van der Waals surface area contributed by atoms with E-state index in [1.165, 1.54) is 5.56 Å². The average Bonchev–Trinajstić information content (AvgIpc) is 2.38. The van der Waals surface area contributed by atoms with Crippen LogP contribution in [0.3, 0.4) is 0 Å². The van der Waals surface area contributed by atoms with Crippen LogP contribution in [-0.4, -0.2) is 46.6 Å². The van der Waals surface area contributed by atoms with E-state index >= 15 is 0 Å². The lowest BCUT2D eigenvalue weighted by molar-refractivity contribution is 0.647. The molecule has 1 aromatic rings. The summed E-state index contributed by atoms with van der Waals surface area (Å²) in [6.45, 7) is 0. The maximum absolute atomic E-state index is 5.39. The Labute approximate surface area is 134 Å². The van der Waals surface area contributed by atoms with Gasteiger partial charge in [-0.15, -0.1) is 0 Å². The number of thioether (sulfide) groups is 2. The number of benzene rings is 1. The summed E-state index contributed by atoms with van der Waals surface area (Å²) in [5.74, 6) is 0. The average molecular weight is 331 g/mol. The molecule has 0 saturated carbocycles. The number of thiocarbonyl (C=S) groups is 2. The van der Waals surface area contributed by atoms with Crippen LogP contribution < -0.4 is 0 Å². The minimum absolute atomic E-state index is 0.186. The summed E-state index contributed by atoms with van der Waals surface area (Å²) < 4.78 is 1.91. The fourth-order valence-electron chi connectivity index (χ4n) is 1.16.